The Bertz CT molecular complexity index is 566. The molecule has 0 spiro atoms. The quantitative estimate of drug-likeness (QED) is 0.916. The van der Waals surface area contributed by atoms with Crippen LogP contribution in [0.2, 0.25) is 0 Å². The van der Waals surface area contributed by atoms with Gasteiger partial charge in [0.15, 0.2) is 0 Å². The van der Waals surface area contributed by atoms with E-state index in [0.29, 0.717) is 5.82 Å². The molecule has 0 bridgehead atoms. The molecule has 1 saturated heterocycles. The highest BCUT2D eigenvalue weighted by Gasteiger charge is 2.15. The first kappa shape index (κ1) is 12.8. The van der Waals surface area contributed by atoms with Gasteiger partial charge in [-0.05, 0) is 49.7 Å². The second-order valence-electron chi connectivity index (χ2n) is 5.48. The van der Waals surface area contributed by atoms with Crippen LogP contribution < -0.4 is 5.73 Å². The molecule has 1 aliphatic heterocycles. The SMILES string of the molecule is CC1CCCN(Cc2nc(N)c3ccsc3n2)CC1. The third kappa shape index (κ3) is 2.87. The van der Waals surface area contributed by atoms with E-state index in [1.165, 1.54) is 19.3 Å². The Hall–Kier alpha value is -1.20. The fraction of sp³-hybridized carbons (Fsp3) is 0.571. The predicted molar refractivity (Wildman–Crippen MR) is 80.1 cm³/mol. The van der Waals surface area contributed by atoms with E-state index >= 15 is 0 Å². The number of likely N-dealkylation sites (tertiary alicyclic amines) is 1. The second-order valence-corrected chi connectivity index (χ2v) is 6.37. The number of nitrogens with two attached hydrogens (primary N) is 1. The normalized spacial score (nSPS) is 21.6. The summed E-state index contributed by atoms with van der Waals surface area (Å²) in [5, 5.41) is 3.01. The summed E-state index contributed by atoms with van der Waals surface area (Å²) in [6, 6.07) is 1.99. The summed E-state index contributed by atoms with van der Waals surface area (Å²) in [6.45, 7) is 5.46. The van der Waals surface area contributed by atoms with Crippen molar-refractivity contribution in [2.75, 3.05) is 18.8 Å². The van der Waals surface area contributed by atoms with Crippen molar-refractivity contribution >= 4 is 27.4 Å². The average Bonchev–Trinajstić information content (AvgIpc) is 2.75. The Labute approximate surface area is 117 Å². The Morgan fingerprint density at radius 3 is 3.16 bits per heavy atom. The van der Waals surface area contributed by atoms with Crippen LogP contribution in [-0.4, -0.2) is 28.0 Å². The Kier molecular flexibility index (Phi) is 3.66. The molecule has 102 valence electrons. The molecule has 1 atom stereocenters. The standard InChI is InChI=1S/C14H20N4S/c1-10-3-2-6-18(7-4-10)9-12-16-13(15)11-5-8-19-14(11)17-12/h5,8,10H,2-4,6-7,9H2,1H3,(H2,15,16,17). The highest BCUT2D eigenvalue weighted by molar-refractivity contribution is 7.16. The van der Waals surface area contributed by atoms with Crippen LogP contribution in [-0.2, 0) is 6.54 Å². The van der Waals surface area contributed by atoms with Gasteiger partial charge in [0.2, 0.25) is 0 Å². The third-order valence-corrected chi connectivity index (χ3v) is 4.68. The lowest BCUT2D eigenvalue weighted by molar-refractivity contribution is 0.267. The van der Waals surface area contributed by atoms with Gasteiger partial charge in [-0.3, -0.25) is 4.90 Å². The number of nitrogen functional groups attached to an aromatic ring is 1. The van der Waals surface area contributed by atoms with Crippen LogP contribution in [0.5, 0.6) is 0 Å². The zero-order valence-electron chi connectivity index (χ0n) is 11.3. The molecule has 0 radical (unpaired) electrons. The van der Waals surface area contributed by atoms with E-state index in [-0.39, 0.29) is 0 Å². The zero-order valence-corrected chi connectivity index (χ0v) is 12.1. The minimum absolute atomic E-state index is 0.615. The second kappa shape index (κ2) is 5.43. The molecule has 2 aromatic rings. The van der Waals surface area contributed by atoms with E-state index < -0.39 is 0 Å². The van der Waals surface area contributed by atoms with Gasteiger partial charge in [0.25, 0.3) is 0 Å². The van der Waals surface area contributed by atoms with Crippen LogP contribution in [0.3, 0.4) is 0 Å². The molecule has 4 nitrogen and oxygen atoms in total. The average molecular weight is 276 g/mol. The molecule has 19 heavy (non-hydrogen) atoms. The number of nitrogens with zero attached hydrogens (tertiary/aromatic N) is 3. The topological polar surface area (TPSA) is 55.0 Å². The minimum Gasteiger partial charge on any atom is -0.383 e. The van der Waals surface area contributed by atoms with Crippen molar-refractivity contribution in [2.45, 2.75) is 32.7 Å². The Balaban J connectivity index is 1.77. The van der Waals surface area contributed by atoms with Crippen molar-refractivity contribution in [3.8, 4) is 0 Å². The molecule has 1 fully saturated rings. The van der Waals surface area contributed by atoms with E-state index in [4.69, 9.17) is 5.73 Å². The van der Waals surface area contributed by atoms with Crippen molar-refractivity contribution in [2.24, 2.45) is 5.92 Å². The van der Waals surface area contributed by atoms with Crippen LogP contribution >= 0.6 is 11.3 Å². The van der Waals surface area contributed by atoms with Crippen LogP contribution in [0, 0.1) is 5.92 Å². The van der Waals surface area contributed by atoms with Gasteiger partial charge in [-0.1, -0.05) is 6.92 Å². The molecule has 0 amide bonds. The lowest BCUT2D eigenvalue weighted by Gasteiger charge is -2.18. The minimum atomic E-state index is 0.615. The molecule has 1 unspecified atom stereocenters. The molecular formula is C14H20N4S. The maximum Gasteiger partial charge on any atom is 0.146 e. The molecule has 1 aliphatic rings. The fourth-order valence-electron chi connectivity index (χ4n) is 2.68. The number of rotatable bonds is 2. The van der Waals surface area contributed by atoms with Crippen molar-refractivity contribution in [1.29, 1.82) is 0 Å². The third-order valence-electron chi connectivity index (χ3n) is 3.88. The van der Waals surface area contributed by atoms with Crippen molar-refractivity contribution in [1.82, 2.24) is 14.9 Å². The van der Waals surface area contributed by atoms with Crippen LogP contribution in [0.25, 0.3) is 10.2 Å². The number of anilines is 1. The molecule has 0 aliphatic carbocycles. The predicted octanol–water partition coefficient (Wildman–Crippen LogP) is 2.90. The summed E-state index contributed by atoms with van der Waals surface area (Å²) in [5.74, 6) is 2.32. The molecular weight excluding hydrogens is 256 g/mol. The van der Waals surface area contributed by atoms with Crippen LogP contribution in [0.15, 0.2) is 11.4 Å². The first-order chi connectivity index (χ1) is 9.22. The van der Waals surface area contributed by atoms with Gasteiger partial charge < -0.3 is 5.73 Å². The number of hydrogen-bond acceptors (Lipinski definition) is 5. The van der Waals surface area contributed by atoms with E-state index in [2.05, 4.69) is 21.8 Å². The monoisotopic (exact) mass is 276 g/mol. The number of fused-ring (bicyclic) bond motifs is 1. The number of hydrogen-bond donors (Lipinski definition) is 1. The summed E-state index contributed by atoms with van der Waals surface area (Å²) in [5.41, 5.74) is 6.00. The van der Waals surface area contributed by atoms with Crippen LogP contribution in [0.1, 0.15) is 32.0 Å². The largest absolute Gasteiger partial charge is 0.383 e. The van der Waals surface area contributed by atoms with E-state index in [1.807, 2.05) is 11.4 Å². The lowest BCUT2D eigenvalue weighted by Crippen LogP contribution is -2.25. The summed E-state index contributed by atoms with van der Waals surface area (Å²) in [7, 11) is 0. The molecule has 0 saturated carbocycles. The molecule has 3 heterocycles. The highest BCUT2D eigenvalue weighted by atomic mass is 32.1. The Morgan fingerprint density at radius 2 is 2.26 bits per heavy atom. The highest BCUT2D eigenvalue weighted by Crippen LogP contribution is 2.24. The molecule has 3 rings (SSSR count). The Morgan fingerprint density at radius 1 is 1.37 bits per heavy atom. The van der Waals surface area contributed by atoms with Gasteiger partial charge in [0.1, 0.15) is 16.5 Å². The van der Waals surface area contributed by atoms with E-state index in [0.717, 1.165) is 41.6 Å². The van der Waals surface area contributed by atoms with Gasteiger partial charge >= 0.3 is 0 Å². The van der Waals surface area contributed by atoms with Gasteiger partial charge in [0, 0.05) is 0 Å². The first-order valence-electron chi connectivity index (χ1n) is 6.94. The fourth-order valence-corrected chi connectivity index (χ4v) is 3.47. The maximum absolute atomic E-state index is 6.00. The summed E-state index contributed by atoms with van der Waals surface area (Å²) >= 11 is 1.63. The lowest BCUT2D eigenvalue weighted by atomic mass is 10.0. The van der Waals surface area contributed by atoms with Gasteiger partial charge in [-0.15, -0.1) is 11.3 Å². The van der Waals surface area contributed by atoms with Crippen molar-refractivity contribution < 1.29 is 0 Å². The van der Waals surface area contributed by atoms with Crippen molar-refractivity contribution in [3.05, 3.63) is 17.3 Å². The summed E-state index contributed by atoms with van der Waals surface area (Å²) in [4.78, 5) is 12.5. The van der Waals surface area contributed by atoms with Gasteiger partial charge in [-0.2, -0.15) is 0 Å². The molecule has 2 N–H and O–H groups in total. The molecule has 2 aromatic heterocycles. The zero-order chi connectivity index (χ0) is 13.2. The molecule has 0 aromatic carbocycles. The maximum atomic E-state index is 6.00. The van der Waals surface area contributed by atoms with Gasteiger partial charge in [0.05, 0.1) is 11.9 Å². The van der Waals surface area contributed by atoms with E-state index in [1.54, 1.807) is 11.3 Å². The number of thiophene rings is 1. The summed E-state index contributed by atoms with van der Waals surface area (Å²) in [6.07, 6.45) is 3.89. The smallest absolute Gasteiger partial charge is 0.146 e. The van der Waals surface area contributed by atoms with Gasteiger partial charge in [-0.25, -0.2) is 9.97 Å². The van der Waals surface area contributed by atoms with Crippen molar-refractivity contribution in [3.63, 3.8) is 0 Å². The van der Waals surface area contributed by atoms with E-state index in [9.17, 15) is 0 Å². The summed E-state index contributed by atoms with van der Waals surface area (Å²) < 4.78 is 0. The molecule has 5 heteroatoms. The van der Waals surface area contributed by atoms with Crippen LogP contribution in [0.4, 0.5) is 5.82 Å². The number of aromatic nitrogens is 2. The first-order valence-corrected chi connectivity index (χ1v) is 7.82.